The van der Waals surface area contributed by atoms with Gasteiger partial charge in [0.15, 0.2) is 0 Å². The molecule has 1 aromatic rings. The van der Waals surface area contributed by atoms with Crippen molar-refractivity contribution in [3.8, 4) is 0 Å². The van der Waals surface area contributed by atoms with Crippen molar-refractivity contribution in [3.05, 3.63) is 35.4 Å². The van der Waals surface area contributed by atoms with Crippen LogP contribution in [0.2, 0.25) is 0 Å². The zero-order valence-corrected chi connectivity index (χ0v) is 13.2. The van der Waals surface area contributed by atoms with Gasteiger partial charge in [-0.1, -0.05) is 38.1 Å². The van der Waals surface area contributed by atoms with Gasteiger partial charge in [0.05, 0.1) is 6.61 Å². The fourth-order valence-electron chi connectivity index (χ4n) is 3.28. The minimum absolute atomic E-state index is 0.0508. The van der Waals surface area contributed by atoms with E-state index in [-0.39, 0.29) is 5.41 Å². The number of nitrogens with two attached hydrogens (primary N) is 1. The van der Waals surface area contributed by atoms with Crippen LogP contribution in [0, 0.1) is 5.92 Å². The molecule has 0 aromatic heterocycles. The highest BCUT2D eigenvalue weighted by atomic mass is 16.5. The van der Waals surface area contributed by atoms with Gasteiger partial charge in [0.25, 0.3) is 0 Å². The smallest absolute Gasteiger partial charge is 0.0553 e. The van der Waals surface area contributed by atoms with Crippen LogP contribution in [0.3, 0.4) is 0 Å². The Morgan fingerprint density at radius 2 is 2.15 bits per heavy atom. The predicted octanol–water partition coefficient (Wildman–Crippen LogP) is 2.56. The van der Waals surface area contributed by atoms with E-state index < -0.39 is 0 Å². The minimum Gasteiger partial charge on any atom is -0.384 e. The maximum absolute atomic E-state index is 5.83. The fourth-order valence-corrected chi connectivity index (χ4v) is 3.28. The third-order valence-corrected chi connectivity index (χ3v) is 4.53. The summed E-state index contributed by atoms with van der Waals surface area (Å²) in [6.07, 6.45) is 1.17. The molecule has 0 radical (unpaired) electrons. The number of ether oxygens (including phenoxy) is 1. The zero-order valence-electron chi connectivity index (χ0n) is 13.2. The zero-order chi connectivity index (χ0) is 14.8. The summed E-state index contributed by atoms with van der Waals surface area (Å²) < 4.78 is 5.36. The molecule has 1 aliphatic rings. The van der Waals surface area contributed by atoms with Crippen molar-refractivity contribution in [1.82, 2.24) is 4.90 Å². The summed E-state index contributed by atoms with van der Waals surface area (Å²) in [7, 11) is 3.97. The average Bonchev–Trinajstić information content (AvgIpc) is 2.80. The second-order valence-electron chi connectivity index (χ2n) is 6.74. The first-order chi connectivity index (χ1) is 9.47. The molecule has 0 saturated carbocycles. The molecular formula is C17H28N2O. The van der Waals surface area contributed by atoms with Gasteiger partial charge in [-0.3, -0.25) is 4.90 Å². The van der Waals surface area contributed by atoms with Gasteiger partial charge in [-0.25, -0.2) is 0 Å². The van der Waals surface area contributed by atoms with Gasteiger partial charge >= 0.3 is 0 Å². The summed E-state index contributed by atoms with van der Waals surface area (Å²) in [5.41, 5.74) is 8.64. The Morgan fingerprint density at radius 1 is 1.40 bits per heavy atom. The van der Waals surface area contributed by atoms with Gasteiger partial charge in [0.2, 0.25) is 0 Å². The molecule has 2 rings (SSSR count). The van der Waals surface area contributed by atoms with Crippen LogP contribution in [-0.2, 0) is 10.2 Å². The van der Waals surface area contributed by atoms with E-state index in [0.717, 1.165) is 19.7 Å². The number of benzene rings is 1. The molecule has 1 aromatic carbocycles. The van der Waals surface area contributed by atoms with Crippen LogP contribution in [0.25, 0.3) is 0 Å². The third kappa shape index (κ3) is 3.22. The van der Waals surface area contributed by atoms with Gasteiger partial charge in [0.1, 0.15) is 0 Å². The van der Waals surface area contributed by atoms with Crippen LogP contribution < -0.4 is 5.73 Å². The lowest BCUT2D eigenvalue weighted by Crippen LogP contribution is -2.24. The van der Waals surface area contributed by atoms with Crippen molar-refractivity contribution in [2.45, 2.75) is 31.7 Å². The second-order valence-corrected chi connectivity index (χ2v) is 6.74. The number of likely N-dealkylation sites (tertiary alicyclic amines) is 1. The molecule has 112 valence electrons. The largest absolute Gasteiger partial charge is 0.384 e. The standard InChI is InChI=1S/C17H28N2O/c1-17(2,12-20-4)15-7-5-6-14(9-15)16-8-13(10-18)11-19(16)3/h5-7,9,13,16H,8,10-12,18H2,1-4H3. The van der Waals surface area contributed by atoms with Gasteiger partial charge in [-0.15, -0.1) is 0 Å². The van der Waals surface area contributed by atoms with E-state index in [1.165, 1.54) is 17.5 Å². The fraction of sp³-hybridized carbons (Fsp3) is 0.647. The lowest BCUT2D eigenvalue weighted by Gasteiger charge is -2.27. The Labute approximate surface area is 123 Å². The van der Waals surface area contributed by atoms with Crippen LogP contribution in [0.5, 0.6) is 0 Å². The normalized spacial score (nSPS) is 24.2. The molecule has 1 saturated heterocycles. The molecule has 0 spiro atoms. The average molecular weight is 276 g/mol. The van der Waals surface area contributed by atoms with E-state index in [4.69, 9.17) is 10.5 Å². The van der Waals surface area contributed by atoms with E-state index in [0.29, 0.717) is 12.0 Å². The molecule has 1 aliphatic heterocycles. The van der Waals surface area contributed by atoms with Crippen molar-refractivity contribution in [1.29, 1.82) is 0 Å². The van der Waals surface area contributed by atoms with Crippen LogP contribution in [-0.4, -0.2) is 38.8 Å². The maximum Gasteiger partial charge on any atom is 0.0553 e. The summed E-state index contributed by atoms with van der Waals surface area (Å²) in [5.74, 6) is 0.626. The van der Waals surface area contributed by atoms with Crippen LogP contribution >= 0.6 is 0 Å². The number of hydrogen-bond donors (Lipinski definition) is 1. The molecule has 1 fully saturated rings. The highest BCUT2D eigenvalue weighted by Gasteiger charge is 2.30. The molecule has 0 aliphatic carbocycles. The number of methoxy groups -OCH3 is 1. The summed E-state index contributed by atoms with van der Waals surface area (Å²) in [6.45, 7) is 7.10. The lowest BCUT2D eigenvalue weighted by molar-refractivity contribution is 0.146. The molecule has 20 heavy (non-hydrogen) atoms. The van der Waals surface area contributed by atoms with Gasteiger partial charge in [-0.05, 0) is 37.1 Å². The molecule has 0 amide bonds. The molecule has 2 N–H and O–H groups in total. The first-order valence-electron chi connectivity index (χ1n) is 7.47. The first-order valence-corrected chi connectivity index (χ1v) is 7.47. The monoisotopic (exact) mass is 276 g/mol. The van der Waals surface area contributed by atoms with Crippen molar-refractivity contribution >= 4 is 0 Å². The highest BCUT2D eigenvalue weighted by Crippen LogP contribution is 2.35. The quantitative estimate of drug-likeness (QED) is 0.898. The topological polar surface area (TPSA) is 38.5 Å². The molecule has 2 unspecified atom stereocenters. The Kier molecular flexibility index (Phi) is 4.84. The van der Waals surface area contributed by atoms with Crippen molar-refractivity contribution < 1.29 is 4.74 Å². The Balaban J connectivity index is 2.22. The van der Waals surface area contributed by atoms with E-state index in [1.807, 2.05) is 0 Å². The van der Waals surface area contributed by atoms with E-state index in [9.17, 15) is 0 Å². The van der Waals surface area contributed by atoms with Gasteiger partial charge in [0, 0.05) is 25.1 Å². The van der Waals surface area contributed by atoms with Crippen LogP contribution in [0.4, 0.5) is 0 Å². The number of nitrogens with zero attached hydrogens (tertiary/aromatic N) is 1. The Morgan fingerprint density at radius 3 is 2.75 bits per heavy atom. The number of hydrogen-bond acceptors (Lipinski definition) is 3. The van der Waals surface area contributed by atoms with Crippen LogP contribution in [0.15, 0.2) is 24.3 Å². The molecule has 3 heteroatoms. The van der Waals surface area contributed by atoms with Crippen molar-refractivity contribution in [2.24, 2.45) is 11.7 Å². The third-order valence-electron chi connectivity index (χ3n) is 4.53. The van der Waals surface area contributed by atoms with E-state index in [2.05, 4.69) is 50.1 Å². The van der Waals surface area contributed by atoms with Gasteiger partial charge in [-0.2, -0.15) is 0 Å². The van der Waals surface area contributed by atoms with E-state index >= 15 is 0 Å². The first kappa shape index (κ1) is 15.5. The summed E-state index contributed by atoms with van der Waals surface area (Å²) >= 11 is 0. The Hall–Kier alpha value is -0.900. The lowest BCUT2D eigenvalue weighted by atomic mass is 9.84. The molecule has 2 atom stereocenters. The van der Waals surface area contributed by atoms with Crippen LogP contribution in [0.1, 0.15) is 37.4 Å². The maximum atomic E-state index is 5.83. The molecule has 3 nitrogen and oxygen atoms in total. The number of rotatable bonds is 5. The summed E-state index contributed by atoms with van der Waals surface area (Å²) in [5, 5.41) is 0. The minimum atomic E-state index is 0.0508. The van der Waals surface area contributed by atoms with Gasteiger partial charge < -0.3 is 10.5 Å². The predicted molar refractivity (Wildman–Crippen MR) is 83.9 cm³/mol. The highest BCUT2D eigenvalue weighted by molar-refractivity contribution is 5.31. The second kappa shape index (κ2) is 6.25. The molecule has 0 bridgehead atoms. The summed E-state index contributed by atoms with van der Waals surface area (Å²) in [4.78, 5) is 2.43. The Bertz CT molecular complexity index is 444. The van der Waals surface area contributed by atoms with Crippen molar-refractivity contribution in [3.63, 3.8) is 0 Å². The van der Waals surface area contributed by atoms with E-state index in [1.54, 1.807) is 7.11 Å². The molecular weight excluding hydrogens is 248 g/mol. The SMILES string of the molecule is COCC(C)(C)c1cccc(C2CC(CN)CN2C)c1. The van der Waals surface area contributed by atoms with Crippen molar-refractivity contribution in [2.75, 3.05) is 33.9 Å². The molecule has 1 heterocycles. The summed E-state index contributed by atoms with van der Waals surface area (Å²) in [6, 6.07) is 9.47.